The number of hydrogen-bond donors (Lipinski definition) is 1. The van der Waals surface area contributed by atoms with Crippen LogP contribution >= 0.6 is 15.9 Å². The molecule has 0 fully saturated rings. The number of nitrogens with two attached hydrogens (primary N) is 1. The van der Waals surface area contributed by atoms with E-state index in [4.69, 9.17) is 5.73 Å². The largest absolute Gasteiger partial charge is 0.398 e. The molecule has 4 nitrogen and oxygen atoms in total. The maximum Gasteiger partial charge on any atom is 0.181 e. The first-order valence-electron chi connectivity index (χ1n) is 6.17. The Morgan fingerprint density at radius 3 is 2.50 bits per heavy atom. The van der Waals surface area contributed by atoms with E-state index in [9.17, 15) is 0 Å². The number of rotatable bonds is 2. The Balaban J connectivity index is 2.07. The molecule has 3 aromatic rings. The molecule has 2 N–H and O–H groups in total. The summed E-state index contributed by atoms with van der Waals surface area (Å²) >= 11 is 3.44. The van der Waals surface area contributed by atoms with Gasteiger partial charge in [-0.1, -0.05) is 30.3 Å². The molecular weight excluding hydrogens is 316 g/mol. The quantitative estimate of drug-likeness (QED) is 0.732. The molecule has 0 unspecified atom stereocenters. The average Bonchev–Trinajstić information content (AvgIpc) is 2.85. The van der Waals surface area contributed by atoms with Crippen molar-refractivity contribution in [3.8, 4) is 22.8 Å². The first-order chi connectivity index (χ1) is 9.65. The minimum absolute atomic E-state index is 0.708. The Labute approximate surface area is 125 Å². The second-order valence-corrected chi connectivity index (χ2v) is 5.34. The SMILES string of the molecule is Cn1nc(-c2ccccc2)nc1-c1ccc(N)c(Br)c1. The number of halogens is 1. The van der Waals surface area contributed by atoms with Crippen molar-refractivity contribution in [3.63, 3.8) is 0 Å². The summed E-state index contributed by atoms with van der Waals surface area (Å²) in [5.74, 6) is 1.53. The molecule has 20 heavy (non-hydrogen) atoms. The van der Waals surface area contributed by atoms with Crippen LogP contribution in [0.25, 0.3) is 22.8 Å². The summed E-state index contributed by atoms with van der Waals surface area (Å²) in [4.78, 5) is 4.61. The third kappa shape index (κ3) is 2.32. The molecule has 100 valence electrons. The van der Waals surface area contributed by atoms with Crippen LogP contribution in [-0.4, -0.2) is 14.8 Å². The predicted molar refractivity (Wildman–Crippen MR) is 84.0 cm³/mol. The summed E-state index contributed by atoms with van der Waals surface area (Å²) in [7, 11) is 1.89. The molecule has 0 aliphatic rings. The lowest BCUT2D eigenvalue weighted by molar-refractivity contribution is 0.777. The van der Waals surface area contributed by atoms with Gasteiger partial charge < -0.3 is 5.73 Å². The highest BCUT2D eigenvalue weighted by Gasteiger charge is 2.11. The van der Waals surface area contributed by atoms with E-state index in [-0.39, 0.29) is 0 Å². The third-order valence-corrected chi connectivity index (χ3v) is 3.74. The van der Waals surface area contributed by atoms with Crippen LogP contribution in [0.3, 0.4) is 0 Å². The molecule has 0 saturated carbocycles. The molecule has 0 aliphatic carbocycles. The van der Waals surface area contributed by atoms with Crippen LogP contribution in [0.4, 0.5) is 5.69 Å². The molecule has 0 radical (unpaired) electrons. The monoisotopic (exact) mass is 328 g/mol. The van der Waals surface area contributed by atoms with Crippen molar-refractivity contribution in [2.24, 2.45) is 7.05 Å². The number of aryl methyl sites for hydroxylation is 1. The van der Waals surface area contributed by atoms with Gasteiger partial charge in [0.15, 0.2) is 11.6 Å². The van der Waals surface area contributed by atoms with Gasteiger partial charge in [0.1, 0.15) is 0 Å². The van der Waals surface area contributed by atoms with Crippen molar-refractivity contribution in [1.82, 2.24) is 14.8 Å². The molecule has 0 aliphatic heterocycles. The van der Waals surface area contributed by atoms with Crippen LogP contribution in [0.5, 0.6) is 0 Å². The highest BCUT2D eigenvalue weighted by atomic mass is 79.9. The zero-order valence-electron chi connectivity index (χ0n) is 10.9. The summed E-state index contributed by atoms with van der Waals surface area (Å²) in [6.07, 6.45) is 0. The first kappa shape index (κ1) is 12.9. The minimum Gasteiger partial charge on any atom is -0.398 e. The summed E-state index contributed by atoms with van der Waals surface area (Å²) in [6.45, 7) is 0. The smallest absolute Gasteiger partial charge is 0.181 e. The van der Waals surface area contributed by atoms with Gasteiger partial charge in [0.2, 0.25) is 0 Å². The van der Waals surface area contributed by atoms with Gasteiger partial charge >= 0.3 is 0 Å². The summed E-state index contributed by atoms with van der Waals surface area (Å²) in [5.41, 5.74) is 8.50. The van der Waals surface area contributed by atoms with Crippen LogP contribution < -0.4 is 5.73 Å². The van der Waals surface area contributed by atoms with Gasteiger partial charge in [0.05, 0.1) is 0 Å². The van der Waals surface area contributed by atoms with Crippen LogP contribution in [0.2, 0.25) is 0 Å². The maximum atomic E-state index is 5.81. The van der Waals surface area contributed by atoms with Crippen molar-refractivity contribution in [2.75, 3.05) is 5.73 Å². The van der Waals surface area contributed by atoms with Gasteiger partial charge in [-0.15, -0.1) is 0 Å². The van der Waals surface area contributed by atoms with Crippen molar-refractivity contribution >= 4 is 21.6 Å². The Bertz CT molecular complexity index is 750. The van der Waals surface area contributed by atoms with Crippen molar-refractivity contribution in [2.45, 2.75) is 0 Å². The Morgan fingerprint density at radius 1 is 1.05 bits per heavy atom. The van der Waals surface area contributed by atoms with E-state index in [0.717, 1.165) is 27.2 Å². The summed E-state index contributed by atoms with van der Waals surface area (Å²) in [6, 6.07) is 15.7. The van der Waals surface area contributed by atoms with Crippen molar-refractivity contribution in [1.29, 1.82) is 0 Å². The van der Waals surface area contributed by atoms with Crippen molar-refractivity contribution in [3.05, 3.63) is 53.0 Å². The zero-order valence-corrected chi connectivity index (χ0v) is 12.5. The molecule has 0 amide bonds. The molecule has 0 bridgehead atoms. The van der Waals surface area contributed by atoms with Gasteiger partial charge in [-0.2, -0.15) is 5.10 Å². The van der Waals surface area contributed by atoms with Gasteiger partial charge in [-0.05, 0) is 34.1 Å². The van der Waals surface area contributed by atoms with Crippen LogP contribution in [0.1, 0.15) is 0 Å². The molecule has 1 heterocycles. The van der Waals surface area contributed by atoms with E-state index in [1.54, 1.807) is 4.68 Å². The fraction of sp³-hybridized carbons (Fsp3) is 0.0667. The molecule has 0 atom stereocenters. The maximum absolute atomic E-state index is 5.81. The lowest BCUT2D eigenvalue weighted by Crippen LogP contribution is -1.95. The lowest BCUT2D eigenvalue weighted by atomic mass is 10.2. The topological polar surface area (TPSA) is 56.7 Å². The molecule has 1 aromatic heterocycles. The molecule has 2 aromatic carbocycles. The number of aromatic nitrogens is 3. The van der Waals surface area contributed by atoms with Gasteiger partial charge in [0.25, 0.3) is 0 Å². The van der Waals surface area contributed by atoms with Crippen molar-refractivity contribution < 1.29 is 0 Å². The molecule has 0 saturated heterocycles. The van der Waals surface area contributed by atoms with Gasteiger partial charge in [0, 0.05) is 28.3 Å². The van der Waals surface area contributed by atoms with E-state index in [0.29, 0.717) is 5.69 Å². The standard InChI is InChI=1S/C15H13BrN4/c1-20-15(11-7-8-13(17)12(16)9-11)18-14(19-20)10-5-3-2-4-6-10/h2-9H,17H2,1H3. The summed E-state index contributed by atoms with van der Waals surface area (Å²) in [5, 5.41) is 4.47. The number of nitrogens with zero attached hydrogens (tertiary/aromatic N) is 3. The van der Waals surface area contributed by atoms with Crippen LogP contribution in [0, 0.1) is 0 Å². The molecule has 3 rings (SSSR count). The average molecular weight is 329 g/mol. The van der Waals surface area contributed by atoms with E-state index in [1.165, 1.54) is 0 Å². The number of nitrogen functional groups attached to an aromatic ring is 1. The fourth-order valence-electron chi connectivity index (χ4n) is 2.01. The Kier molecular flexibility index (Phi) is 3.28. The summed E-state index contributed by atoms with van der Waals surface area (Å²) < 4.78 is 2.64. The zero-order chi connectivity index (χ0) is 14.1. The normalized spacial score (nSPS) is 10.7. The lowest BCUT2D eigenvalue weighted by Gasteiger charge is -2.02. The van der Waals surface area contributed by atoms with E-state index < -0.39 is 0 Å². The van der Waals surface area contributed by atoms with Crippen LogP contribution in [-0.2, 0) is 7.05 Å². The Morgan fingerprint density at radius 2 is 1.80 bits per heavy atom. The predicted octanol–water partition coefficient (Wildman–Crippen LogP) is 3.49. The van der Waals surface area contributed by atoms with Gasteiger partial charge in [-0.3, -0.25) is 0 Å². The minimum atomic E-state index is 0.708. The second-order valence-electron chi connectivity index (χ2n) is 4.48. The first-order valence-corrected chi connectivity index (χ1v) is 6.96. The van der Waals surface area contributed by atoms with Crippen LogP contribution in [0.15, 0.2) is 53.0 Å². The second kappa shape index (κ2) is 5.09. The molecular formula is C15H13BrN4. The highest BCUT2D eigenvalue weighted by molar-refractivity contribution is 9.10. The fourth-order valence-corrected chi connectivity index (χ4v) is 2.39. The molecule has 0 spiro atoms. The van der Waals surface area contributed by atoms with E-state index in [1.807, 2.05) is 55.6 Å². The Hall–Kier alpha value is -2.14. The van der Waals surface area contributed by atoms with E-state index in [2.05, 4.69) is 26.0 Å². The molecule has 5 heteroatoms. The number of anilines is 1. The highest BCUT2D eigenvalue weighted by Crippen LogP contribution is 2.27. The number of hydrogen-bond acceptors (Lipinski definition) is 3. The van der Waals surface area contributed by atoms with Gasteiger partial charge in [-0.25, -0.2) is 9.67 Å². The number of benzene rings is 2. The van der Waals surface area contributed by atoms with E-state index >= 15 is 0 Å². The third-order valence-electron chi connectivity index (χ3n) is 3.05.